The molecule has 2 aromatic rings. The van der Waals surface area contributed by atoms with Gasteiger partial charge in [0.1, 0.15) is 11.3 Å². The second kappa shape index (κ2) is 7.15. The molecule has 0 saturated carbocycles. The van der Waals surface area contributed by atoms with Gasteiger partial charge in [0.25, 0.3) is 11.6 Å². The molecular formula is C18H22N4O4. The van der Waals surface area contributed by atoms with Gasteiger partial charge < -0.3 is 14.7 Å². The summed E-state index contributed by atoms with van der Waals surface area (Å²) >= 11 is 0. The number of aryl methyl sites for hydroxylation is 2. The molecule has 1 amide bonds. The summed E-state index contributed by atoms with van der Waals surface area (Å²) in [6.45, 7) is 6.94. The van der Waals surface area contributed by atoms with Crippen molar-refractivity contribution < 1.29 is 14.2 Å². The Morgan fingerprint density at radius 1 is 1.35 bits per heavy atom. The molecule has 8 nitrogen and oxygen atoms in total. The second-order valence-electron chi connectivity index (χ2n) is 6.59. The van der Waals surface area contributed by atoms with Gasteiger partial charge in [0.05, 0.1) is 16.7 Å². The highest BCUT2D eigenvalue weighted by molar-refractivity contribution is 5.99. The fourth-order valence-electron chi connectivity index (χ4n) is 3.48. The van der Waals surface area contributed by atoms with Gasteiger partial charge in [-0.15, -0.1) is 0 Å². The predicted octanol–water partition coefficient (Wildman–Crippen LogP) is 3.61. The Balaban J connectivity index is 1.90. The van der Waals surface area contributed by atoms with Gasteiger partial charge in [-0.1, -0.05) is 5.16 Å². The zero-order valence-corrected chi connectivity index (χ0v) is 15.1. The van der Waals surface area contributed by atoms with Crippen molar-refractivity contribution in [3.05, 3.63) is 50.9 Å². The molecule has 1 unspecified atom stereocenters. The Morgan fingerprint density at radius 3 is 2.62 bits per heavy atom. The van der Waals surface area contributed by atoms with Crippen LogP contribution in [0.15, 0.2) is 22.7 Å². The number of hydrogen-bond acceptors (Lipinski definition) is 6. The summed E-state index contributed by atoms with van der Waals surface area (Å²) in [6, 6.07) is 4.45. The number of likely N-dealkylation sites (tertiary alicyclic amines) is 1. The standard InChI is InChI=1S/C18H22N4O4/c1-11(17-12(2)20-26-13(17)3)19-14-6-7-16(22(24)25)15(10-14)18(23)21-8-4-5-9-21/h6-7,10-11,19H,4-5,8-9H2,1-3H3. The van der Waals surface area contributed by atoms with Crippen LogP contribution in [0.25, 0.3) is 0 Å². The molecule has 26 heavy (non-hydrogen) atoms. The highest BCUT2D eigenvalue weighted by Crippen LogP contribution is 2.29. The lowest BCUT2D eigenvalue weighted by molar-refractivity contribution is -0.385. The predicted molar refractivity (Wildman–Crippen MR) is 96.2 cm³/mol. The molecule has 8 heteroatoms. The third-order valence-corrected chi connectivity index (χ3v) is 4.72. The summed E-state index contributed by atoms with van der Waals surface area (Å²) in [6.07, 6.45) is 1.86. The molecule has 1 aromatic heterocycles. The fraction of sp³-hybridized carbons (Fsp3) is 0.444. The Morgan fingerprint density at radius 2 is 2.04 bits per heavy atom. The van der Waals surface area contributed by atoms with Crippen molar-refractivity contribution in [3.8, 4) is 0 Å². The zero-order chi connectivity index (χ0) is 18.8. The normalized spacial score (nSPS) is 15.1. The SMILES string of the molecule is Cc1noc(C)c1C(C)Nc1ccc([N+](=O)[O-])c(C(=O)N2CCCC2)c1. The minimum Gasteiger partial charge on any atom is -0.378 e. The van der Waals surface area contributed by atoms with Crippen LogP contribution in [0, 0.1) is 24.0 Å². The van der Waals surface area contributed by atoms with Gasteiger partial charge in [-0.05, 0) is 45.7 Å². The van der Waals surface area contributed by atoms with E-state index in [1.54, 1.807) is 17.0 Å². The topological polar surface area (TPSA) is 102 Å². The molecule has 0 radical (unpaired) electrons. The first-order valence-electron chi connectivity index (χ1n) is 8.65. The highest BCUT2D eigenvalue weighted by atomic mass is 16.6. The van der Waals surface area contributed by atoms with Gasteiger partial charge in [-0.3, -0.25) is 14.9 Å². The van der Waals surface area contributed by atoms with Gasteiger partial charge in [0, 0.05) is 30.4 Å². The van der Waals surface area contributed by atoms with E-state index in [0.717, 1.165) is 29.9 Å². The molecule has 1 fully saturated rings. The molecular weight excluding hydrogens is 336 g/mol. The summed E-state index contributed by atoms with van der Waals surface area (Å²) in [5.41, 5.74) is 2.32. The lowest BCUT2D eigenvalue weighted by Crippen LogP contribution is -2.28. The lowest BCUT2D eigenvalue weighted by Gasteiger charge is -2.18. The second-order valence-corrected chi connectivity index (χ2v) is 6.59. The van der Waals surface area contributed by atoms with Crippen molar-refractivity contribution in [1.29, 1.82) is 0 Å². The van der Waals surface area contributed by atoms with Crippen LogP contribution in [0.1, 0.15) is 53.2 Å². The quantitative estimate of drug-likeness (QED) is 0.647. The Kier molecular flexibility index (Phi) is 4.92. The lowest BCUT2D eigenvalue weighted by atomic mass is 10.1. The first-order chi connectivity index (χ1) is 12.4. The number of anilines is 1. The minimum absolute atomic E-state index is 0.113. The van der Waals surface area contributed by atoms with E-state index in [4.69, 9.17) is 4.52 Å². The van der Waals surface area contributed by atoms with Crippen molar-refractivity contribution >= 4 is 17.3 Å². The smallest absolute Gasteiger partial charge is 0.282 e. The first kappa shape index (κ1) is 17.9. The van der Waals surface area contributed by atoms with Crippen LogP contribution in [0.5, 0.6) is 0 Å². The van der Waals surface area contributed by atoms with Gasteiger partial charge >= 0.3 is 0 Å². The summed E-state index contributed by atoms with van der Waals surface area (Å²) in [7, 11) is 0. The Hall–Kier alpha value is -2.90. The average molecular weight is 358 g/mol. The van der Waals surface area contributed by atoms with Crippen LogP contribution in [0.2, 0.25) is 0 Å². The van der Waals surface area contributed by atoms with Gasteiger partial charge in [-0.2, -0.15) is 0 Å². The third-order valence-electron chi connectivity index (χ3n) is 4.72. The molecule has 1 aliphatic heterocycles. The number of rotatable bonds is 5. The van der Waals surface area contributed by atoms with E-state index < -0.39 is 4.92 Å². The molecule has 2 heterocycles. The van der Waals surface area contributed by atoms with Gasteiger partial charge in [-0.25, -0.2) is 0 Å². The number of amides is 1. The molecule has 0 spiro atoms. The van der Waals surface area contributed by atoms with Crippen LogP contribution in [0.4, 0.5) is 11.4 Å². The van der Waals surface area contributed by atoms with Crippen molar-refractivity contribution in [1.82, 2.24) is 10.1 Å². The number of aromatic nitrogens is 1. The van der Waals surface area contributed by atoms with Crippen molar-refractivity contribution in [3.63, 3.8) is 0 Å². The summed E-state index contributed by atoms with van der Waals surface area (Å²) in [5.74, 6) is 0.431. The third kappa shape index (κ3) is 3.40. The minimum atomic E-state index is -0.509. The molecule has 1 aliphatic rings. The largest absolute Gasteiger partial charge is 0.378 e. The van der Waals surface area contributed by atoms with E-state index in [9.17, 15) is 14.9 Å². The molecule has 1 N–H and O–H groups in total. The van der Waals surface area contributed by atoms with Gasteiger partial charge in [0.2, 0.25) is 0 Å². The van der Waals surface area contributed by atoms with E-state index in [2.05, 4.69) is 10.5 Å². The molecule has 1 atom stereocenters. The number of nitrogens with zero attached hydrogens (tertiary/aromatic N) is 3. The van der Waals surface area contributed by atoms with Crippen molar-refractivity contribution in [2.45, 2.75) is 39.7 Å². The van der Waals surface area contributed by atoms with Crippen LogP contribution < -0.4 is 5.32 Å². The van der Waals surface area contributed by atoms with E-state index in [0.29, 0.717) is 18.8 Å². The van der Waals surface area contributed by atoms with Crippen LogP contribution >= 0.6 is 0 Å². The van der Waals surface area contributed by atoms with E-state index >= 15 is 0 Å². The number of nitro benzene ring substituents is 1. The summed E-state index contributed by atoms with van der Waals surface area (Å²) in [4.78, 5) is 25.2. The number of nitrogens with one attached hydrogen (secondary N) is 1. The first-order valence-corrected chi connectivity index (χ1v) is 8.65. The highest BCUT2D eigenvalue weighted by Gasteiger charge is 2.27. The van der Waals surface area contributed by atoms with Gasteiger partial charge in [0.15, 0.2) is 0 Å². The van der Waals surface area contributed by atoms with E-state index in [1.165, 1.54) is 6.07 Å². The maximum absolute atomic E-state index is 12.7. The molecule has 138 valence electrons. The van der Waals surface area contributed by atoms with Crippen molar-refractivity contribution in [2.24, 2.45) is 0 Å². The molecule has 0 aliphatic carbocycles. The van der Waals surface area contributed by atoms with Crippen LogP contribution in [0.3, 0.4) is 0 Å². The van der Waals surface area contributed by atoms with Crippen LogP contribution in [-0.2, 0) is 0 Å². The average Bonchev–Trinajstić information content (AvgIpc) is 3.24. The molecule has 3 rings (SSSR count). The monoisotopic (exact) mass is 358 g/mol. The fourth-order valence-corrected chi connectivity index (χ4v) is 3.48. The molecule has 1 saturated heterocycles. The Labute approximate surface area is 151 Å². The maximum atomic E-state index is 12.7. The van der Waals surface area contributed by atoms with E-state index in [1.807, 2.05) is 20.8 Å². The number of hydrogen-bond donors (Lipinski definition) is 1. The maximum Gasteiger partial charge on any atom is 0.282 e. The number of carbonyl (C=O) groups excluding carboxylic acids is 1. The summed E-state index contributed by atoms with van der Waals surface area (Å²) < 4.78 is 5.19. The van der Waals surface area contributed by atoms with Crippen LogP contribution in [-0.4, -0.2) is 34.0 Å². The van der Waals surface area contributed by atoms with Crippen molar-refractivity contribution in [2.75, 3.05) is 18.4 Å². The Bertz CT molecular complexity index is 820. The van der Waals surface area contributed by atoms with E-state index in [-0.39, 0.29) is 23.2 Å². The molecule has 1 aromatic carbocycles. The molecule has 0 bridgehead atoms. The number of nitro groups is 1. The summed E-state index contributed by atoms with van der Waals surface area (Å²) in [5, 5.41) is 18.6. The number of carbonyl (C=O) groups is 1. The number of benzene rings is 1. The zero-order valence-electron chi connectivity index (χ0n) is 15.1.